The van der Waals surface area contributed by atoms with Crippen molar-refractivity contribution in [2.24, 2.45) is 0 Å². The smallest absolute Gasteiger partial charge is 0.325 e. The molecule has 3 nitrogen and oxygen atoms in total. The normalized spacial score (nSPS) is 21.9. The van der Waals surface area contributed by atoms with Crippen LogP contribution in [0.2, 0.25) is 0 Å². The fourth-order valence-electron chi connectivity index (χ4n) is 2.18. The molecule has 1 aromatic rings. The molecule has 1 saturated heterocycles. The van der Waals surface area contributed by atoms with Crippen molar-refractivity contribution in [3.05, 3.63) is 29.3 Å². The molecule has 1 fully saturated rings. The summed E-state index contributed by atoms with van der Waals surface area (Å²) < 4.78 is 38.0. The highest BCUT2D eigenvalue weighted by atomic mass is 32.2. The molecule has 112 valence electrons. The van der Waals surface area contributed by atoms with Crippen molar-refractivity contribution in [2.45, 2.75) is 30.7 Å². The van der Waals surface area contributed by atoms with Crippen molar-refractivity contribution < 1.29 is 18.0 Å². The van der Waals surface area contributed by atoms with Gasteiger partial charge in [-0.1, -0.05) is 0 Å². The third kappa shape index (κ3) is 3.32. The molecule has 1 aliphatic heterocycles. The number of nitrogens with one attached hydrogen (secondary N) is 1. The second-order valence-electron chi connectivity index (χ2n) is 5.01. The van der Waals surface area contributed by atoms with Crippen LogP contribution < -0.4 is 5.32 Å². The lowest BCUT2D eigenvalue weighted by atomic mass is 10.0. The van der Waals surface area contributed by atoms with Crippen molar-refractivity contribution in [3.63, 3.8) is 0 Å². The SMILES string of the molecule is CC1(C(=O)Nc2ccc(C#N)c(C(F)(F)F)c2)CCCS1. The van der Waals surface area contributed by atoms with E-state index in [4.69, 9.17) is 5.26 Å². The molecule has 7 heteroatoms. The van der Waals surface area contributed by atoms with Gasteiger partial charge in [0.05, 0.1) is 21.9 Å². The van der Waals surface area contributed by atoms with E-state index in [0.717, 1.165) is 24.3 Å². The Hall–Kier alpha value is -1.68. The maximum atomic E-state index is 12.9. The maximum absolute atomic E-state index is 12.9. The highest BCUT2D eigenvalue weighted by Gasteiger charge is 2.38. The zero-order valence-corrected chi connectivity index (χ0v) is 12.1. The molecule has 1 amide bonds. The van der Waals surface area contributed by atoms with Crippen molar-refractivity contribution in [3.8, 4) is 6.07 Å². The molecule has 21 heavy (non-hydrogen) atoms. The predicted molar refractivity (Wildman–Crippen MR) is 74.9 cm³/mol. The van der Waals surface area contributed by atoms with E-state index >= 15 is 0 Å². The average Bonchev–Trinajstić information content (AvgIpc) is 2.86. The summed E-state index contributed by atoms with van der Waals surface area (Å²) in [6.45, 7) is 1.79. The van der Waals surface area contributed by atoms with Gasteiger partial charge in [0, 0.05) is 5.69 Å². The molecule has 0 saturated carbocycles. The van der Waals surface area contributed by atoms with Crippen LogP contribution in [-0.2, 0) is 11.0 Å². The van der Waals surface area contributed by atoms with Crippen molar-refractivity contribution in [1.82, 2.24) is 0 Å². The Labute approximate surface area is 124 Å². The molecule has 1 aromatic carbocycles. The van der Waals surface area contributed by atoms with E-state index in [-0.39, 0.29) is 11.6 Å². The van der Waals surface area contributed by atoms with Crippen LogP contribution in [0.4, 0.5) is 18.9 Å². The first-order chi connectivity index (χ1) is 9.76. The summed E-state index contributed by atoms with van der Waals surface area (Å²) in [5.74, 6) is 0.563. The minimum Gasteiger partial charge on any atom is -0.325 e. The van der Waals surface area contributed by atoms with Gasteiger partial charge in [-0.05, 0) is 43.7 Å². The number of hydrogen-bond donors (Lipinski definition) is 1. The fourth-order valence-corrected chi connectivity index (χ4v) is 3.39. The van der Waals surface area contributed by atoms with Crippen molar-refractivity contribution >= 4 is 23.4 Å². The molecule has 1 N–H and O–H groups in total. The molecule has 1 aliphatic rings. The van der Waals surface area contributed by atoms with Gasteiger partial charge in [-0.25, -0.2) is 0 Å². The molecule has 0 bridgehead atoms. The van der Waals surface area contributed by atoms with Crippen LogP contribution in [0.15, 0.2) is 18.2 Å². The molecular formula is C14H13F3N2OS. The monoisotopic (exact) mass is 314 g/mol. The van der Waals surface area contributed by atoms with Gasteiger partial charge in [0.2, 0.25) is 5.91 Å². The van der Waals surface area contributed by atoms with Crippen LogP contribution >= 0.6 is 11.8 Å². The van der Waals surface area contributed by atoms with E-state index in [2.05, 4.69) is 5.32 Å². The van der Waals surface area contributed by atoms with Gasteiger partial charge in [0.15, 0.2) is 0 Å². The Morgan fingerprint density at radius 2 is 2.19 bits per heavy atom. The van der Waals surface area contributed by atoms with Crippen molar-refractivity contribution in [2.75, 3.05) is 11.1 Å². The first kappa shape index (κ1) is 15.7. The van der Waals surface area contributed by atoms with Crippen LogP contribution in [-0.4, -0.2) is 16.4 Å². The lowest BCUT2D eigenvalue weighted by Crippen LogP contribution is -2.34. The highest BCUT2D eigenvalue weighted by molar-refractivity contribution is 8.01. The summed E-state index contributed by atoms with van der Waals surface area (Å²) in [6.07, 6.45) is -3.01. The Balaban J connectivity index is 2.26. The lowest BCUT2D eigenvalue weighted by Gasteiger charge is -2.22. The van der Waals surface area contributed by atoms with Gasteiger partial charge < -0.3 is 5.32 Å². The number of benzene rings is 1. The zero-order valence-electron chi connectivity index (χ0n) is 11.3. The molecule has 2 rings (SSSR count). The molecule has 0 spiro atoms. The third-order valence-electron chi connectivity index (χ3n) is 3.40. The zero-order chi connectivity index (χ0) is 15.7. The number of carbonyl (C=O) groups excluding carboxylic acids is 1. The van der Waals surface area contributed by atoms with E-state index in [1.54, 1.807) is 6.92 Å². The second-order valence-corrected chi connectivity index (χ2v) is 6.60. The Kier molecular flexibility index (Phi) is 4.19. The molecule has 1 atom stereocenters. The number of nitrogens with zero attached hydrogens (tertiary/aromatic N) is 1. The molecular weight excluding hydrogens is 301 g/mol. The van der Waals surface area contributed by atoms with Crippen LogP contribution in [0, 0.1) is 11.3 Å². The van der Waals surface area contributed by atoms with E-state index < -0.39 is 22.1 Å². The predicted octanol–water partition coefficient (Wildman–Crippen LogP) is 3.80. The number of carbonyl (C=O) groups is 1. The first-order valence-corrected chi connectivity index (χ1v) is 7.31. The summed E-state index contributed by atoms with van der Waals surface area (Å²) in [6, 6.07) is 4.70. The minimum absolute atomic E-state index is 0.0556. The van der Waals surface area contributed by atoms with Gasteiger partial charge in [-0.15, -0.1) is 11.8 Å². The van der Waals surface area contributed by atoms with Gasteiger partial charge in [-0.2, -0.15) is 18.4 Å². The largest absolute Gasteiger partial charge is 0.417 e. The molecule has 0 radical (unpaired) electrons. The van der Waals surface area contributed by atoms with Crippen LogP contribution in [0.3, 0.4) is 0 Å². The van der Waals surface area contributed by atoms with Gasteiger partial charge in [0.25, 0.3) is 0 Å². The van der Waals surface area contributed by atoms with E-state index in [1.807, 2.05) is 0 Å². The van der Waals surface area contributed by atoms with Crippen LogP contribution in [0.25, 0.3) is 0 Å². The molecule has 0 aromatic heterocycles. The summed E-state index contributed by atoms with van der Waals surface area (Å²) in [7, 11) is 0. The number of anilines is 1. The average molecular weight is 314 g/mol. The molecule has 1 heterocycles. The third-order valence-corrected chi connectivity index (χ3v) is 4.92. The summed E-state index contributed by atoms with van der Waals surface area (Å²) in [5.41, 5.74) is -1.44. The number of rotatable bonds is 2. The molecule has 1 unspecified atom stereocenters. The maximum Gasteiger partial charge on any atom is 0.417 e. The number of hydrogen-bond acceptors (Lipinski definition) is 3. The van der Waals surface area contributed by atoms with Crippen LogP contribution in [0.5, 0.6) is 0 Å². The van der Waals surface area contributed by atoms with Crippen molar-refractivity contribution in [1.29, 1.82) is 5.26 Å². The standard InChI is InChI=1S/C14H13F3N2OS/c1-13(5-2-6-21-13)12(20)19-10-4-3-9(8-18)11(7-10)14(15,16)17/h3-4,7H,2,5-6H2,1H3,(H,19,20). The van der Waals surface area contributed by atoms with Gasteiger partial charge in [-0.3, -0.25) is 4.79 Å². The van der Waals surface area contributed by atoms with Crippen LogP contribution in [0.1, 0.15) is 30.9 Å². The quantitative estimate of drug-likeness (QED) is 0.903. The van der Waals surface area contributed by atoms with Gasteiger partial charge in [0.1, 0.15) is 0 Å². The molecule has 0 aliphatic carbocycles. The lowest BCUT2D eigenvalue weighted by molar-refractivity contribution is -0.137. The topological polar surface area (TPSA) is 52.9 Å². The Morgan fingerprint density at radius 1 is 1.48 bits per heavy atom. The second kappa shape index (κ2) is 5.60. The number of thioether (sulfide) groups is 1. The number of alkyl halides is 3. The van der Waals surface area contributed by atoms with E-state index in [1.165, 1.54) is 23.9 Å². The van der Waals surface area contributed by atoms with Gasteiger partial charge >= 0.3 is 6.18 Å². The number of nitriles is 1. The minimum atomic E-state index is -4.63. The number of halogens is 3. The Bertz CT molecular complexity index is 601. The summed E-state index contributed by atoms with van der Waals surface area (Å²) in [5, 5.41) is 11.2. The Morgan fingerprint density at radius 3 is 2.71 bits per heavy atom. The number of amides is 1. The summed E-state index contributed by atoms with van der Waals surface area (Å²) in [4.78, 5) is 12.2. The van der Waals surface area contributed by atoms with E-state index in [9.17, 15) is 18.0 Å². The fraction of sp³-hybridized carbons (Fsp3) is 0.429. The first-order valence-electron chi connectivity index (χ1n) is 6.33. The van der Waals surface area contributed by atoms with E-state index in [0.29, 0.717) is 6.42 Å². The highest BCUT2D eigenvalue weighted by Crippen LogP contribution is 2.39. The summed E-state index contributed by atoms with van der Waals surface area (Å²) >= 11 is 1.50.